The quantitative estimate of drug-likeness (QED) is 0.835. The molecule has 0 radical (unpaired) electrons. The molecule has 1 aromatic carbocycles. The zero-order valence-electron chi connectivity index (χ0n) is 9.46. The molecule has 1 N–H and O–H groups in total. The second kappa shape index (κ2) is 5.03. The first kappa shape index (κ1) is 11.7. The van der Waals surface area contributed by atoms with Crippen LogP contribution in [0.1, 0.15) is 36.9 Å². The second-order valence-electron chi connectivity index (χ2n) is 4.41. The Morgan fingerprint density at radius 3 is 3.19 bits per heavy atom. The average Bonchev–Trinajstić information content (AvgIpc) is 2.61. The molecule has 0 aliphatic heterocycles. The Kier molecular flexibility index (Phi) is 3.68. The fourth-order valence-electron chi connectivity index (χ4n) is 2.34. The van der Waals surface area contributed by atoms with Crippen LogP contribution in [0.25, 0.3) is 0 Å². The van der Waals surface area contributed by atoms with Crippen LogP contribution in [0.2, 0.25) is 0 Å². The molecule has 1 aliphatic carbocycles. The highest BCUT2D eigenvalue weighted by atomic mass is 79.9. The molecule has 2 rings (SSSR count). The zero-order chi connectivity index (χ0) is 11.5. The van der Waals surface area contributed by atoms with Gasteiger partial charge >= 0.3 is 0 Å². The van der Waals surface area contributed by atoms with E-state index in [1.807, 2.05) is 0 Å². The third-order valence-corrected chi connectivity index (χ3v) is 3.59. The van der Waals surface area contributed by atoms with Crippen molar-refractivity contribution in [1.82, 2.24) is 5.32 Å². The van der Waals surface area contributed by atoms with Crippen LogP contribution in [0.15, 0.2) is 22.7 Å². The van der Waals surface area contributed by atoms with Crippen molar-refractivity contribution in [2.45, 2.75) is 38.3 Å². The Hall–Kier alpha value is -0.780. The minimum Gasteiger partial charge on any atom is -0.306 e. The molecule has 2 atom stereocenters. The van der Waals surface area contributed by atoms with Gasteiger partial charge in [-0.25, -0.2) is 0 Å². The number of rotatable bonds is 3. The molecule has 0 bridgehead atoms. The largest absolute Gasteiger partial charge is 0.306 e. The van der Waals surface area contributed by atoms with E-state index in [2.05, 4.69) is 52.3 Å². The molecule has 2 heteroatoms. The van der Waals surface area contributed by atoms with Gasteiger partial charge in [-0.3, -0.25) is 0 Å². The highest BCUT2D eigenvalue weighted by molar-refractivity contribution is 9.10. The lowest BCUT2D eigenvalue weighted by Gasteiger charge is -2.18. The van der Waals surface area contributed by atoms with Crippen LogP contribution in [0, 0.1) is 12.3 Å². The summed E-state index contributed by atoms with van der Waals surface area (Å²) >= 11 is 3.51. The molecule has 0 saturated heterocycles. The highest BCUT2D eigenvalue weighted by Gasteiger charge is 2.23. The third-order valence-electron chi connectivity index (χ3n) is 3.09. The van der Waals surface area contributed by atoms with Gasteiger partial charge in [0.2, 0.25) is 0 Å². The smallest absolute Gasteiger partial charge is 0.0328 e. The summed E-state index contributed by atoms with van der Waals surface area (Å²) in [6.45, 7) is 2.15. The van der Waals surface area contributed by atoms with Crippen LogP contribution in [0.4, 0.5) is 0 Å². The van der Waals surface area contributed by atoms with Gasteiger partial charge in [0, 0.05) is 23.0 Å². The third kappa shape index (κ3) is 2.48. The number of halogens is 1. The molecule has 0 heterocycles. The summed E-state index contributed by atoms with van der Waals surface area (Å²) in [6, 6.07) is 7.43. The first-order valence-corrected chi connectivity index (χ1v) is 6.48. The summed E-state index contributed by atoms with van der Waals surface area (Å²) < 4.78 is 1.17. The molecular weight excluding hydrogens is 262 g/mol. The molecule has 0 aromatic heterocycles. The summed E-state index contributed by atoms with van der Waals surface area (Å²) in [6.07, 6.45) is 8.46. The number of benzene rings is 1. The molecule has 0 fully saturated rings. The molecule has 0 spiro atoms. The molecule has 84 valence electrons. The Labute approximate surface area is 106 Å². The molecule has 2 unspecified atom stereocenters. The molecule has 1 aliphatic rings. The van der Waals surface area contributed by atoms with Gasteiger partial charge in [-0.2, -0.15) is 0 Å². The SMILES string of the molecule is C#CCC(C)NC1CCc2cc(Br)ccc21. The molecular formula is C14H16BrN. The van der Waals surface area contributed by atoms with E-state index >= 15 is 0 Å². The van der Waals surface area contributed by atoms with Gasteiger partial charge < -0.3 is 5.32 Å². The monoisotopic (exact) mass is 277 g/mol. The van der Waals surface area contributed by atoms with E-state index in [-0.39, 0.29) is 0 Å². The van der Waals surface area contributed by atoms with Crippen molar-refractivity contribution in [3.63, 3.8) is 0 Å². The van der Waals surface area contributed by atoms with Gasteiger partial charge in [-0.1, -0.05) is 22.0 Å². The maximum absolute atomic E-state index is 5.32. The van der Waals surface area contributed by atoms with Crippen molar-refractivity contribution in [2.24, 2.45) is 0 Å². The summed E-state index contributed by atoms with van der Waals surface area (Å²) in [5.41, 5.74) is 2.90. The van der Waals surface area contributed by atoms with Crippen molar-refractivity contribution in [3.8, 4) is 12.3 Å². The van der Waals surface area contributed by atoms with Gasteiger partial charge in [0.1, 0.15) is 0 Å². The fraction of sp³-hybridized carbons (Fsp3) is 0.429. The lowest BCUT2D eigenvalue weighted by Crippen LogP contribution is -2.28. The van der Waals surface area contributed by atoms with E-state index in [1.165, 1.54) is 22.0 Å². The normalized spacial score (nSPS) is 20.2. The van der Waals surface area contributed by atoms with E-state index < -0.39 is 0 Å². The minimum absolute atomic E-state index is 0.393. The van der Waals surface area contributed by atoms with Crippen LogP contribution in [-0.4, -0.2) is 6.04 Å². The Morgan fingerprint density at radius 2 is 2.44 bits per heavy atom. The van der Waals surface area contributed by atoms with Gasteiger partial charge in [-0.05, 0) is 43.0 Å². The van der Waals surface area contributed by atoms with Gasteiger partial charge in [0.05, 0.1) is 0 Å². The molecule has 1 nitrogen and oxygen atoms in total. The van der Waals surface area contributed by atoms with Gasteiger partial charge in [0.15, 0.2) is 0 Å². The van der Waals surface area contributed by atoms with E-state index in [9.17, 15) is 0 Å². The average molecular weight is 278 g/mol. The van der Waals surface area contributed by atoms with Crippen LogP contribution >= 0.6 is 15.9 Å². The topological polar surface area (TPSA) is 12.0 Å². The number of nitrogens with one attached hydrogen (secondary N) is 1. The first-order chi connectivity index (χ1) is 7.70. The predicted octanol–water partition coefficient (Wildman–Crippen LogP) is 3.44. The summed E-state index contributed by atoms with van der Waals surface area (Å²) in [4.78, 5) is 0. The summed E-state index contributed by atoms with van der Waals surface area (Å²) in [7, 11) is 0. The highest BCUT2D eigenvalue weighted by Crippen LogP contribution is 2.33. The summed E-state index contributed by atoms with van der Waals surface area (Å²) in [5, 5.41) is 3.60. The Balaban J connectivity index is 2.09. The van der Waals surface area contributed by atoms with E-state index in [4.69, 9.17) is 6.42 Å². The number of hydrogen-bond donors (Lipinski definition) is 1. The van der Waals surface area contributed by atoms with Crippen LogP contribution < -0.4 is 5.32 Å². The maximum atomic E-state index is 5.32. The molecule has 16 heavy (non-hydrogen) atoms. The minimum atomic E-state index is 0.393. The van der Waals surface area contributed by atoms with Crippen LogP contribution in [0.5, 0.6) is 0 Å². The number of hydrogen-bond acceptors (Lipinski definition) is 1. The fourth-order valence-corrected chi connectivity index (χ4v) is 2.75. The van der Waals surface area contributed by atoms with Crippen molar-refractivity contribution < 1.29 is 0 Å². The van der Waals surface area contributed by atoms with Crippen molar-refractivity contribution in [2.75, 3.05) is 0 Å². The van der Waals surface area contributed by atoms with Crippen molar-refractivity contribution >= 4 is 15.9 Å². The standard InChI is InChI=1S/C14H16BrN/c1-3-4-10(2)16-14-8-5-11-9-12(15)6-7-13(11)14/h1,6-7,9-10,14,16H,4-5,8H2,2H3. The van der Waals surface area contributed by atoms with Gasteiger partial charge in [0.25, 0.3) is 0 Å². The molecule has 0 amide bonds. The Morgan fingerprint density at radius 1 is 1.62 bits per heavy atom. The lowest BCUT2D eigenvalue weighted by molar-refractivity contribution is 0.459. The van der Waals surface area contributed by atoms with Crippen LogP contribution in [-0.2, 0) is 6.42 Å². The van der Waals surface area contributed by atoms with Crippen LogP contribution in [0.3, 0.4) is 0 Å². The summed E-state index contributed by atoms with van der Waals surface area (Å²) in [5.74, 6) is 2.70. The van der Waals surface area contributed by atoms with E-state index in [0.29, 0.717) is 12.1 Å². The molecule has 1 aromatic rings. The predicted molar refractivity (Wildman–Crippen MR) is 71.3 cm³/mol. The van der Waals surface area contributed by atoms with Crippen molar-refractivity contribution in [3.05, 3.63) is 33.8 Å². The molecule has 0 saturated carbocycles. The number of terminal acetylenes is 1. The van der Waals surface area contributed by atoms with E-state index in [0.717, 1.165) is 12.8 Å². The Bertz CT molecular complexity index is 419. The number of aryl methyl sites for hydroxylation is 1. The van der Waals surface area contributed by atoms with Crippen molar-refractivity contribution in [1.29, 1.82) is 0 Å². The zero-order valence-corrected chi connectivity index (χ0v) is 11.0. The van der Waals surface area contributed by atoms with E-state index in [1.54, 1.807) is 0 Å². The maximum Gasteiger partial charge on any atom is 0.0328 e. The number of fused-ring (bicyclic) bond motifs is 1. The lowest BCUT2D eigenvalue weighted by atomic mass is 10.1. The van der Waals surface area contributed by atoms with Gasteiger partial charge in [-0.15, -0.1) is 12.3 Å². The second-order valence-corrected chi connectivity index (χ2v) is 5.33. The first-order valence-electron chi connectivity index (χ1n) is 5.68.